The third-order valence-electron chi connectivity index (χ3n) is 1.78. The molecule has 0 aromatic heterocycles. The largest absolute Gasteiger partial charge is 0.392 e. The highest BCUT2D eigenvalue weighted by Crippen LogP contribution is 2.12. The van der Waals surface area contributed by atoms with Gasteiger partial charge in [-0.05, 0) is 17.9 Å². The third-order valence-corrected chi connectivity index (χ3v) is 1.78. The lowest BCUT2D eigenvalue weighted by Crippen LogP contribution is -2.03. The Morgan fingerprint density at radius 1 is 1.50 bits per heavy atom. The van der Waals surface area contributed by atoms with Crippen LogP contribution in [0.5, 0.6) is 0 Å². The molecule has 0 aliphatic heterocycles. The van der Waals surface area contributed by atoms with Gasteiger partial charge in [0, 0.05) is 0 Å². The van der Waals surface area contributed by atoms with E-state index in [9.17, 15) is 0 Å². The molecule has 0 heterocycles. The Kier molecular flexibility index (Phi) is 5.26. The van der Waals surface area contributed by atoms with Crippen molar-refractivity contribution >= 4 is 0 Å². The van der Waals surface area contributed by atoms with E-state index in [1.165, 1.54) is 0 Å². The molecule has 0 spiro atoms. The highest BCUT2D eigenvalue weighted by atomic mass is 16.3. The first-order chi connectivity index (χ1) is 4.76. The van der Waals surface area contributed by atoms with Gasteiger partial charge in [0.25, 0.3) is 0 Å². The summed E-state index contributed by atoms with van der Waals surface area (Å²) in [6, 6.07) is 0. The van der Waals surface area contributed by atoms with Gasteiger partial charge >= 0.3 is 0 Å². The van der Waals surface area contributed by atoms with Crippen LogP contribution in [0.1, 0.15) is 20.3 Å². The van der Waals surface area contributed by atoms with Crippen LogP contribution in [-0.2, 0) is 0 Å². The predicted octanol–water partition coefficient (Wildman–Crippen LogP) is 0.944. The van der Waals surface area contributed by atoms with Crippen molar-refractivity contribution in [3.05, 3.63) is 11.6 Å². The summed E-state index contributed by atoms with van der Waals surface area (Å²) in [5.41, 5.74) is 0.935. The van der Waals surface area contributed by atoms with Crippen molar-refractivity contribution in [3.8, 4) is 0 Å². The lowest BCUT2D eigenvalue weighted by Gasteiger charge is -2.10. The zero-order valence-corrected chi connectivity index (χ0v) is 6.67. The Hall–Kier alpha value is -0.340. The fourth-order valence-corrected chi connectivity index (χ4v) is 0.801. The molecule has 2 N–H and O–H groups in total. The maximum atomic E-state index is 8.78. The molecule has 0 aromatic rings. The summed E-state index contributed by atoms with van der Waals surface area (Å²) in [6.07, 6.45) is 2.68. The minimum Gasteiger partial charge on any atom is -0.392 e. The number of aliphatic hydroxyl groups excluding tert-OH is 2. The van der Waals surface area contributed by atoms with Crippen LogP contribution < -0.4 is 0 Å². The van der Waals surface area contributed by atoms with E-state index in [0.717, 1.165) is 12.0 Å². The van der Waals surface area contributed by atoms with Gasteiger partial charge in [-0.2, -0.15) is 0 Å². The second kappa shape index (κ2) is 5.45. The Morgan fingerprint density at radius 2 is 2.10 bits per heavy atom. The van der Waals surface area contributed by atoms with Gasteiger partial charge in [-0.15, -0.1) is 0 Å². The first-order valence-corrected chi connectivity index (χ1v) is 3.66. The van der Waals surface area contributed by atoms with Gasteiger partial charge < -0.3 is 10.2 Å². The van der Waals surface area contributed by atoms with Gasteiger partial charge in [0.05, 0.1) is 13.2 Å². The highest BCUT2D eigenvalue weighted by molar-refractivity contribution is 5.05. The maximum absolute atomic E-state index is 8.78. The average Bonchev–Trinajstić information content (AvgIpc) is 1.99. The van der Waals surface area contributed by atoms with E-state index in [1.807, 2.05) is 6.92 Å². The second-order valence-electron chi connectivity index (χ2n) is 2.43. The van der Waals surface area contributed by atoms with Gasteiger partial charge in [0.15, 0.2) is 0 Å². The van der Waals surface area contributed by atoms with Gasteiger partial charge in [-0.25, -0.2) is 0 Å². The quantitative estimate of drug-likeness (QED) is 0.576. The molecule has 0 saturated heterocycles. The van der Waals surface area contributed by atoms with Crippen molar-refractivity contribution in [1.82, 2.24) is 0 Å². The van der Waals surface area contributed by atoms with Crippen LogP contribution in [0.15, 0.2) is 11.6 Å². The number of aliphatic hydroxyl groups is 2. The molecule has 2 nitrogen and oxygen atoms in total. The first kappa shape index (κ1) is 9.66. The Labute approximate surface area is 62.2 Å². The summed E-state index contributed by atoms with van der Waals surface area (Å²) >= 11 is 0. The molecule has 1 atom stereocenters. The van der Waals surface area contributed by atoms with E-state index in [4.69, 9.17) is 10.2 Å². The molecule has 0 radical (unpaired) electrons. The van der Waals surface area contributed by atoms with E-state index in [2.05, 4.69) is 6.92 Å². The molecule has 2 heteroatoms. The molecule has 0 aromatic carbocycles. The Morgan fingerprint density at radius 3 is 2.40 bits per heavy atom. The SMILES string of the molecule is CCC(C)/C(=C\CO)CO. The van der Waals surface area contributed by atoms with Crippen molar-refractivity contribution < 1.29 is 10.2 Å². The Bertz CT molecular complexity index is 108. The average molecular weight is 144 g/mol. The first-order valence-electron chi connectivity index (χ1n) is 3.66. The molecule has 0 fully saturated rings. The minimum absolute atomic E-state index is 0.0280. The van der Waals surface area contributed by atoms with E-state index < -0.39 is 0 Å². The van der Waals surface area contributed by atoms with Crippen LogP contribution in [0, 0.1) is 5.92 Å². The lowest BCUT2D eigenvalue weighted by molar-refractivity contribution is 0.305. The summed E-state index contributed by atoms with van der Waals surface area (Å²) in [7, 11) is 0. The fraction of sp³-hybridized carbons (Fsp3) is 0.750. The summed E-state index contributed by atoms with van der Waals surface area (Å²) in [5, 5.41) is 17.3. The van der Waals surface area contributed by atoms with Crippen molar-refractivity contribution in [2.45, 2.75) is 20.3 Å². The van der Waals surface area contributed by atoms with E-state index in [-0.39, 0.29) is 13.2 Å². The molecule has 0 rings (SSSR count). The van der Waals surface area contributed by atoms with Crippen molar-refractivity contribution in [1.29, 1.82) is 0 Å². The number of rotatable bonds is 4. The lowest BCUT2D eigenvalue weighted by atomic mass is 9.99. The summed E-state index contributed by atoms with van der Waals surface area (Å²) in [4.78, 5) is 0. The minimum atomic E-state index is 0.0280. The van der Waals surface area contributed by atoms with Gasteiger partial charge in [0.2, 0.25) is 0 Å². The van der Waals surface area contributed by atoms with Gasteiger partial charge in [0.1, 0.15) is 0 Å². The van der Waals surface area contributed by atoms with Crippen LogP contribution in [0.3, 0.4) is 0 Å². The van der Waals surface area contributed by atoms with Gasteiger partial charge in [-0.3, -0.25) is 0 Å². The predicted molar refractivity (Wildman–Crippen MR) is 41.7 cm³/mol. The van der Waals surface area contributed by atoms with Crippen LogP contribution in [0.2, 0.25) is 0 Å². The molecule has 0 aliphatic carbocycles. The molecule has 0 bridgehead atoms. The van der Waals surface area contributed by atoms with Crippen molar-refractivity contribution in [3.63, 3.8) is 0 Å². The maximum Gasteiger partial charge on any atom is 0.0645 e. The fourth-order valence-electron chi connectivity index (χ4n) is 0.801. The van der Waals surface area contributed by atoms with Gasteiger partial charge in [-0.1, -0.05) is 19.9 Å². The summed E-state index contributed by atoms with van der Waals surface area (Å²) in [6.45, 7) is 4.19. The normalized spacial score (nSPS) is 15.4. The highest BCUT2D eigenvalue weighted by Gasteiger charge is 2.03. The van der Waals surface area contributed by atoms with Crippen molar-refractivity contribution in [2.24, 2.45) is 5.92 Å². The molecule has 0 aliphatic rings. The molecular weight excluding hydrogens is 128 g/mol. The monoisotopic (exact) mass is 144 g/mol. The molecular formula is C8H16O2. The molecule has 60 valence electrons. The zero-order chi connectivity index (χ0) is 7.98. The third kappa shape index (κ3) is 2.99. The number of hydrogen-bond donors (Lipinski definition) is 2. The van der Waals surface area contributed by atoms with E-state index in [0.29, 0.717) is 5.92 Å². The van der Waals surface area contributed by atoms with E-state index in [1.54, 1.807) is 6.08 Å². The Balaban J connectivity index is 3.92. The molecule has 0 saturated carbocycles. The van der Waals surface area contributed by atoms with Crippen molar-refractivity contribution in [2.75, 3.05) is 13.2 Å². The molecule has 0 amide bonds. The van der Waals surface area contributed by atoms with Crippen LogP contribution in [-0.4, -0.2) is 23.4 Å². The smallest absolute Gasteiger partial charge is 0.0645 e. The van der Waals surface area contributed by atoms with Crippen LogP contribution in [0.25, 0.3) is 0 Å². The molecule has 1 unspecified atom stereocenters. The van der Waals surface area contributed by atoms with Crippen LogP contribution >= 0.6 is 0 Å². The van der Waals surface area contributed by atoms with E-state index >= 15 is 0 Å². The summed E-state index contributed by atoms with van der Waals surface area (Å²) < 4.78 is 0. The van der Waals surface area contributed by atoms with Crippen LogP contribution in [0.4, 0.5) is 0 Å². The second-order valence-corrected chi connectivity index (χ2v) is 2.43. The number of hydrogen-bond acceptors (Lipinski definition) is 2. The topological polar surface area (TPSA) is 40.5 Å². The molecule has 10 heavy (non-hydrogen) atoms. The summed E-state index contributed by atoms with van der Waals surface area (Å²) in [5.74, 6) is 0.386. The zero-order valence-electron chi connectivity index (χ0n) is 6.67. The standard InChI is InChI=1S/C8H16O2/c1-3-7(2)8(6-10)4-5-9/h4,7,9-10H,3,5-6H2,1-2H3/b8-4-.